The van der Waals surface area contributed by atoms with Crippen molar-refractivity contribution in [1.82, 2.24) is 0 Å². The molecule has 0 aliphatic heterocycles. The molecule has 0 fully saturated rings. The van der Waals surface area contributed by atoms with Crippen LogP contribution < -0.4 is 0 Å². The second-order valence-electron chi connectivity index (χ2n) is 5.30. The molecule has 2 aromatic carbocycles. The molecule has 134 valence electrons. The van der Waals surface area contributed by atoms with Gasteiger partial charge >= 0.3 is 11.9 Å². The zero-order valence-corrected chi connectivity index (χ0v) is 14.0. The van der Waals surface area contributed by atoms with E-state index in [4.69, 9.17) is 15.3 Å². The van der Waals surface area contributed by atoms with Crippen molar-refractivity contribution in [2.45, 2.75) is 25.7 Å². The smallest absolute Gasteiger partial charge is 0.305 e. The number of carbonyl (C=O) groups is 2. The number of hydrogen-bond acceptors (Lipinski definition) is 5. The SMILES string of the molecule is COC(=O)CCc1ccc(O)cc1.O=C(O)CCc1ccc(O)cc1. The van der Waals surface area contributed by atoms with Crippen LogP contribution in [-0.2, 0) is 27.2 Å². The highest BCUT2D eigenvalue weighted by molar-refractivity contribution is 5.69. The van der Waals surface area contributed by atoms with Gasteiger partial charge in [-0.15, -0.1) is 0 Å². The fourth-order valence-electron chi connectivity index (χ4n) is 1.92. The molecule has 2 rings (SSSR count). The lowest BCUT2D eigenvalue weighted by atomic mass is 10.1. The number of hydrogen-bond donors (Lipinski definition) is 3. The summed E-state index contributed by atoms with van der Waals surface area (Å²) in [6.45, 7) is 0. The molecule has 2 aromatic rings. The molecule has 0 aliphatic carbocycles. The van der Waals surface area contributed by atoms with Gasteiger partial charge in [0.05, 0.1) is 7.11 Å². The predicted molar refractivity (Wildman–Crippen MR) is 92.5 cm³/mol. The third-order valence-electron chi connectivity index (χ3n) is 3.35. The Morgan fingerprint density at radius 1 is 0.800 bits per heavy atom. The molecule has 0 amide bonds. The second-order valence-corrected chi connectivity index (χ2v) is 5.30. The minimum atomic E-state index is -0.803. The number of rotatable bonds is 6. The third kappa shape index (κ3) is 9.00. The van der Waals surface area contributed by atoms with Crippen LogP contribution in [0, 0.1) is 0 Å². The van der Waals surface area contributed by atoms with Crippen LogP contribution >= 0.6 is 0 Å². The minimum Gasteiger partial charge on any atom is -0.508 e. The maximum atomic E-state index is 10.8. The molecule has 0 bridgehead atoms. The fraction of sp³-hybridized carbons (Fsp3) is 0.263. The van der Waals surface area contributed by atoms with Gasteiger partial charge in [0, 0.05) is 12.8 Å². The zero-order chi connectivity index (χ0) is 18.7. The average Bonchev–Trinajstić information content (AvgIpc) is 2.61. The molecule has 0 saturated heterocycles. The molecule has 0 spiro atoms. The predicted octanol–water partition coefficient (Wildman–Crippen LogP) is 2.91. The number of carboxylic acids is 1. The van der Waals surface area contributed by atoms with Crippen LogP contribution in [-0.4, -0.2) is 34.4 Å². The average molecular weight is 346 g/mol. The number of ether oxygens (including phenoxy) is 1. The Bertz CT molecular complexity index is 661. The van der Waals surface area contributed by atoms with Crippen molar-refractivity contribution in [3.05, 3.63) is 59.7 Å². The van der Waals surface area contributed by atoms with Gasteiger partial charge in [0.15, 0.2) is 0 Å². The van der Waals surface area contributed by atoms with Crippen molar-refractivity contribution in [2.24, 2.45) is 0 Å². The number of carboxylic acid groups (broad SMARTS) is 1. The van der Waals surface area contributed by atoms with E-state index in [0.29, 0.717) is 19.3 Å². The summed E-state index contributed by atoms with van der Waals surface area (Å²) in [6, 6.07) is 13.3. The first-order valence-electron chi connectivity index (χ1n) is 7.75. The van der Waals surface area contributed by atoms with E-state index in [9.17, 15) is 9.59 Å². The van der Waals surface area contributed by atoms with Gasteiger partial charge in [-0.25, -0.2) is 0 Å². The Balaban J connectivity index is 0.000000251. The van der Waals surface area contributed by atoms with Gasteiger partial charge in [0.1, 0.15) is 11.5 Å². The highest BCUT2D eigenvalue weighted by atomic mass is 16.5. The van der Waals surface area contributed by atoms with Crippen LogP contribution in [0.4, 0.5) is 0 Å². The number of phenolic OH excluding ortho intramolecular Hbond substituents is 2. The van der Waals surface area contributed by atoms with Gasteiger partial charge in [-0.2, -0.15) is 0 Å². The van der Waals surface area contributed by atoms with Crippen LogP contribution in [0.1, 0.15) is 24.0 Å². The first-order valence-corrected chi connectivity index (χ1v) is 7.75. The molecule has 0 unspecified atom stereocenters. The zero-order valence-electron chi connectivity index (χ0n) is 14.0. The summed E-state index contributed by atoms with van der Waals surface area (Å²) in [5.41, 5.74) is 1.94. The monoisotopic (exact) mass is 346 g/mol. The number of aryl methyl sites for hydroxylation is 2. The van der Waals surface area contributed by atoms with Crippen molar-refractivity contribution in [3.8, 4) is 11.5 Å². The number of phenols is 2. The van der Waals surface area contributed by atoms with E-state index in [1.54, 1.807) is 48.5 Å². The molecule has 0 aliphatic rings. The van der Waals surface area contributed by atoms with Crippen LogP contribution in [0.5, 0.6) is 11.5 Å². The topological polar surface area (TPSA) is 104 Å². The highest BCUT2D eigenvalue weighted by Gasteiger charge is 2.00. The maximum absolute atomic E-state index is 10.8. The largest absolute Gasteiger partial charge is 0.508 e. The lowest BCUT2D eigenvalue weighted by Gasteiger charge is -2.00. The minimum absolute atomic E-state index is 0.130. The van der Waals surface area contributed by atoms with Crippen LogP contribution in [0.3, 0.4) is 0 Å². The van der Waals surface area contributed by atoms with Crippen molar-refractivity contribution < 1.29 is 29.6 Å². The summed E-state index contributed by atoms with van der Waals surface area (Å²) in [5, 5.41) is 26.3. The molecule has 0 radical (unpaired) electrons. The van der Waals surface area contributed by atoms with Crippen LogP contribution in [0.2, 0.25) is 0 Å². The molecule has 0 saturated carbocycles. The first kappa shape index (κ1) is 20.0. The van der Waals surface area contributed by atoms with Crippen molar-refractivity contribution in [1.29, 1.82) is 0 Å². The highest BCUT2D eigenvalue weighted by Crippen LogP contribution is 2.11. The van der Waals surface area contributed by atoms with Crippen molar-refractivity contribution >= 4 is 11.9 Å². The maximum Gasteiger partial charge on any atom is 0.305 e. The number of benzene rings is 2. The number of esters is 1. The fourth-order valence-corrected chi connectivity index (χ4v) is 1.92. The number of aromatic hydroxyl groups is 2. The summed E-state index contributed by atoms with van der Waals surface area (Å²) in [4.78, 5) is 21.0. The van der Waals surface area contributed by atoms with Gasteiger partial charge in [0.2, 0.25) is 0 Å². The Morgan fingerprint density at radius 2 is 1.20 bits per heavy atom. The molecule has 6 nitrogen and oxygen atoms in total. The van der Waals surface area contributed by atoms with Gasteiger partial charge in [-0.1, -0.05) is 24.3 Å². The van der Waals surface area contributed by atoms with Crippen molar-refractivity contribution in [2.75, 3.05) is 7.11 Å². The van der Waals surface area contributed by atoms with E-state index >= 15 is 0 Å². The van der Waals surface area contributed by atoms with E-state index in [2.05, 4.69) is 4.74 Å². The molecule has 25 heavy (non-hydrogen) atoms. The Morgan fingerprint density at radius 3 is 1.56 bits per heavy atom. The van der Waals surface area contributed by atoms with Crippen molar-refractivity contribution in [3.63, 3.8) is 0 Å². The van der Waals surface area contributed by atoms with Gasteiger partial charge < -0.3 is 20.1 Å². The first-order chi connectivity index (χ1) is 11.9. The Kier molecular flexibility index (Phi) is 8.57. The normalized spacial score (nSPS) is 9.64. The molecule has 3 N–H and O–H groups in total. The summed E-state index contributed by atoms with van der Waals surface area (Å²) in [5.74, 6) is -0.577. The molecule has 0 heterocycles. The lowest BCUT2D eigenvalue weighted by Crippen LogP contribution is -2.01. The van der Waals surface area contributed by atoms with Gasteiger partial charge in [0.25, 0.3) is 0 Å². The second kappa shape index (κ2) is 10.7. The summed E-state index contributed by atoms with van der Waals surface area (Å²) in [6.07, 6.45) is 1.66. The molecular weight excluding hydrogens is 324 g/mol. The third-order valence-corrected chi connectivity index (χ3v) is 3.35. The van der Waals surface area contributed by atoms with Crippen LogP contribution in [0.15, 0.2) is 48.5 Å². The standard InChI is InChI=1S/C10H12O3.C9H10O3/c1-13-10(12)7-4-8-2-5-9(11)6-3-8;10-8-4-1-7(2-5-8)3-6-9(11)12/h2-3,5-6,11H,4,7H2,1H3;1-2,4-5,10H,3,6H2,(H,11,12). The summed E-state index contributed by atoms with van der Waals surface area (Å²) >= 11 is 0. The quantitative estimate of drug-likeness (QED) is 0.695. The summed E-state index contributed by atoms with van der Waals surface area (Å²) in [7, 11) is 1.37. The Hall–Kier alpha value is -3.02. The van der Waals surface area contributed by atoms with Gasteiger partial charge in [-0.05, 0) is 48.2 Å². The van der Waals surface area contributed by atoms with E-state index in [-0.39, 0.29) is 23.9 Å². The van der Waals surface area contributed by atoms with Crippen LogP contribution in [0.25, 0.3) is 0 Å². The van der Waals surface area contributed by atoms with Gasteiger partial charge in [-0.3, -0.25) is 9.59 Å². The van der Waals surface area contributed by atoms with E-state index < -0.39 is 5.97 Å². The number of aliphatic carboxylic acids is 1. The number of carbonyl (C=O) groups excluding carboxylic acids is 1. The molecule has 0 aromatic heterocycles. The van der Waals surface area contributed by atoms with E-state index in [1.165, 1.54) is 7.11 Å². The van der Waals surface area contributed by atoms with E-state index in [0.717, 1.165) is 11.1 Å². The summed E-state index contributed by atoms with van der Waals surface area (Å²) < 4.78 is 4.51. The number of methoxy groups -OCH3 is 1. The van der Waals surface area contributed by atoms with E-state index in [1.807, 2.05) is 0 Å². The Labute approximate surface area is 146 Å². The lowest BCUT2D eigenvalue weighted by molar-refractivity contribution is -0.140. The molecular formula is C19H22O6. The molecule has 6 heteroatoms. The molecule has 0 atom stereocenters.